The van der Waals surface area contributed by atoms with Gasteiger partial charge in [0.2, 0.25) is 0 Å². The van der Waals surface area contributed by atoms with E-state index in [0.29, 0.717) is 0 Å². The Balaban J connectivity index is 1.61. The van der Waals surface area contributed by atoms with Crippen molar-refractivity contribution in [3.05, 3.63) is 34.9 Å². The number of piperidine rings is 1. The van der Waals surface area contributed by atoms with Gasteiger partial charge < -0.3 is 0 Å². The van der Waals surface area contributed by atoms with Gasteiger partial charge in [-0.25, -0.2) is 0 Å². The Morgan fingerprint density at radius 1 is 1.33 bits per heavy atom. The lowest BCUT2D eigenvalue weighted by Crippen LogP contribution is -2.36. The van der Waals surface area contributed by atoms with Gasteiger partial charge in [-0.3, -0.25) is 14.7 Å². The summed E-state index contributed by atoms with van der Waals surface area (Å²) in [6.45, 7) is 7.69. The number of H-pyrrole nitrogens is 1. The molecule has 0 bridgehead atoms. The lowest BCUT2D eigenvalue weighted by molar-refractivity contribution is 0.166. The van der Waals surface area contributed by atoms with Gasteiger partial charge in [0.15, 0.2) is 0 Å². The molecule has 1 atom stereocenters. The van der Waals surface area contributed by atoms with Crippen LogP contribution in [-0.4, -0.2) is 38.0 Å². The first-order valence-electron chi connectivity index (χ1n) is 7.82. The number of hydrogen-bond acceptors (Lipinski definition) is 3. The molecule has 1 aliphatic heterocycles. The van der Waals surface area contributed by atoms with Crippen LogP contribution >= 0.6 is 0 Å². The van der Waals surface area contributed by atoms with Crippen LogP contribution in [0.25, 0.3) is 0 Å². The number of aryl methyl sites for hydroxylation is 2. The first-order chi connectivity index (χ1) is 10.1. The Labute approximate surface area is 126 Å². The monoisotopic (exact) mass is 287 g/mol. The average molecular weight is 287 g/mol. The van der Waals surface area contributed by atoms with Gasteiger partial charge in [0.05, 0.1) is 12.4 Å². The zero-order valence-electron chi connectivity index (χ0n) is 13.3. The zero-order valence-corrected chi connectivity index (χ0v) is 13.3. The number of aromatic nitrogens is 4. The van der Waals surface area contributed by atoms with E-state index in [0.717, 1.165) is 18.9 Å². The molecule has 0 saturated carbocycles. The number of hydrogen-bond donors (Lipinski definition) is 1. The fourth-order valence-corrected chi connectivity index (χ4v) is 3.27. The molecule has 0 spiro atoms. The van der Waals surface area contributed by atoms with Crippen LogP contribution in [0, 0.1) is 19.8 Å². The second kappa shape index (κ2) is 6.02. The highest BCUT2D eigenvalue weighted by atomic mass is 15.3. The molecule has 1 N–H and O–H groups in total. The summed E-state index contributed by atoms with van der Waals surface area (Å²) in [5.41, 5.74) is 5.23. The molecule has 114 valence electrons. The number of aromatic amines is 1. The van der Waals surface area contributed by atoms with Gasteiger partial charge in [-0.15, -0.1) is 0 Å². The molecule has 1 unspecified atom stereocenters. The van der Waals surface area contributed by atoms with Crippen molar-refractivity contribution in [2.45, 2.75) is 39.7 Å². The van der Waals surface area contributed by atoms with Crippen LogP contribution in [-0.2, 0) is 20.0 Å². The first-order valence-corrected chi connectivity index (χ1v) is 7.82. The predicted octanol–water partition coefficient (Wildman–Crippen LogP) is 2.21. The summed E-state index contributed by atoms with van der Waals surface area (Å²) < 4.78 is 1.96. The molecule has 0 aliphatic carbocycles. The quantitative estimate of drug-likeness (QED) is 0.938. The second-order valence-corrected chi connectivity index (χ2v) is 6.36. The molecule has 0 radical (unpaired) electrons. The standard InChI is InChI=1S/C16H25N5/c1-12-8-17-19-16(12)7-14-5-4-6-21(10-14)11-15-9-18-20(3)13(15)2/h8-9,14H,4-7,10-11H2,1-3H3,(H,17,19). The summed E-state index contributed by atoms with van der Waals surface area (Å²) in [5.74, 6) is 0.731. The third-order valence-electron chi connectivity index (χ3n) is 4.76. The zero-order chi connectivity index (χ0) is 14.8. The van der Waals surface area contributed by atoms with Crippen LogP contribution in [0.15, 0.2) is 12.4 Å². The number of nitrogens with zero attached hydrogens (tertiary/aromatic N) is 4. The highest BCUT2D eigenvalue weighted by Crippen LogP contribution is 2.23. The maximum Gasteiger partial charge on any atom is 0.0537 e. The van der Waals surface area contributed by atoms with Crippen molar-refractivity contribution in [2.75, 3.05) is 13.1 Å². The van der Waals surface area contributed by atoms with Gasteiger partial charge >= 0.3 is 0 Å². The molecule has 0 amide bonds. The fourth-order valence-electron chi connectivity index (χ4n) is 3.27. The van der Waals surface area contributed by atoms with E-state index in [1.807, 2.05) is 24.1 Å². The van der Waals surface area contributed by atoms with Crippen molar-refractivity contribution in [3.8, 4) is 0 Å². The molecule has 1 saturated heterocycles. The Hall–Kier alpha value is -1.62. The van der Waals surface area contributed by atoms with E-state index in [1.165, 1.54) is 48.4 Å². The van der Waals surface area contributed by atoms with Crippen LogP contribution < -0.4 is 0 Å². The highest BCUT2D eigenvalue weighted by Gasteiger charge is 2.22. The number of likely N-dealkylation sites (tertiary alicyclic amines) is 1. The van der Waals surface area contributed by atoms with Crippen LogP contribution in [0.1, 0.15) is 35.4 Å². The summed E-state index contributed by atoms with van der Waals surface area (Å²) in [6, 6.07) is 0. The van der Waals surface area contributed by atoms with Gasteiger partial charge in [-0.1, -0.05) is 0 Å². The van der Waals surface area contributed by atoms with Gasteiger partial charge in [0.1, 0.15) is 0 Å². The minimum atomic E-state index is 0.731. The van der Waals surface area contributed by atoms with Crippen LogP contribution in [0.2, 0.25) is 0 Å². The van der Waals surface area contributed by atoms with E-state index in [-0.39, 0.29) is 0 Å². The predicted molar refractivity (Wildman–Crippen MR) is 83.0 cm³/mol. The summed E-state index contributed by atoms with van der Waals surface area (Å²) in [4.78, 5) is 2.57. The number of nitrogens with one attached hydrogen (secondary N) is 1. The highest BCUT2D eigenvalue weighted by molar-refractivity contribution is 5.16. The average Bonchev–Trinajstić information content (AvgIpc) is 3.00. The molecule has 1 fully saturated rings. The van der Waals surface area contributed by atoms with Crippen molar-refractivity contribution in [3.63, 3.8) is 0 Å². The van der Waals surface area contributed by atoms with Crippen LogP contribution in [0.5, 0.6) is 0 Å². The molecule has 2 aromatic rings. The molecular formula is C16H25N5. The van der Waals surface area contributed by atoms with Crippen LogP contribution in [0.3, 0.4) is 0 Å². The normalized spacial score (nSPS) is 20.0. The van der Waals surface area contributed by atoms with Crippen LogP contribution in [0.4, 0.5) is 0 Å². The van der Waals surface area contributed by atoms with Crippen molar-refractivity contribution >= 4 is 0 Å². The molecule has 1 aliphatic rings. The Kier molecular flexibility index (Phi) is 4.10. The fraction of sp³-hybridized carbons (Fsp3) is 0.625. The molecule has 21 heavy (non-hydrogen) atoms. The Bertz CT molecular complexity index is 598. The Morgan fingerprint density at radius 3 is 2.86 bits per heavy atom. The lowest BCUT2D eigenvalue weighted by atomic mass is 9.92. The molecule has 3 heterocycles. The minimum absolute atomic E-state index is 0.731. The Morgan fingerprint density at radius 2 is 2.19 bits per heavy atom. The van der Waals surface area contributed by atoms with Gasteiger partial charge in [-0.2, -0.15) is 10.2 Å². The van der Waals surface area contributed by atoms with Gasteiger partial charge in [0, 0.05) is 37.1 Å². The SMILES string of the molecule is Cc1cn[nH]c1CC1CCCN(Cc2cnn(C)c2C)C1. The van der Waals surface area contributed by atoms with E-state index < -0.39 is 0 Å². The van der Waals surface area contributed by atoms with Gasteiger partial charge in [0.25, 0.3) is 0 Å². The smallest absolute Gasteiger partial charge is 0.0537 e. The third kappa shape index (κ3) is 3.18. The van der Waals surface area contributed by atoms with E-state index >= 15 is 0 Å². The van der Waals surface area contributed by atoms with Crippen molar-refractivity contribution in [2.24, 2.45) is 13.0 Å². The molecule has 5 nitrogen and oxygen atoms in total. The maximum atomic E-state index is 4.35. The summed E-state index contributed by atoms with van der Waals surface area (Å²) in [5, 5.41) is 11.6. The summed E-state index contributed by atoms with van der Waals surface area (Å²) in [7, 11) is 2.01. The molecule has 5 heteroatoms. The van der Waals surface area contributed by atoms with E-state index in [9.17, 15) is 0 Å². The first kappa shape index (κ1) is 14.3. The number of rotatable bonds is 4. The largest absolute Gasteiger partial charge is 0.299 e. The van der Waals surface area contributed by atoms with E-state index in [4.69, 9.17) is 0 Å². The lowest BCUT2D eigenvalue weighted by Gasteiger charge is -2.32. The van der Waals surface area contributed by atoms with E-state index in [2.05, 4.69) is 34.0 Å². The van der Waals surface area contributed by atoms with E-state index in [1.54, 1.807) is 0 Å². The minimum Gasteiger partial charge on any atom is -0.299 e. The molecular weight excluding hydrogens is 262 g/mol. The third-order valence-corrected chi connectivity index (χ3v) is 4.76. The van der Waals surface area contributed by atoms with Crippen molar-refractivity contribution in [1.82, 2.24) is 24.9 Å². The molecule has 3 rings (SSSR count). The molecule has 0 aromatic carbocycles. The van der Waals surface area contributed by atoms with Crippen molar-refractivity contribution < 1.29 is 0 Å². The maximum absolute atomic E-state index is 4.35. The molecule has 2 aromatic heterocycles. The topological polar surface area (TPSA) is 49.7 Å². The van der Waals surface area contributed by atoms with Gasteiger partial charge in [-0.05, 0) is 51.1 Å². The second-order valence-electron chi connectivity index (χ2n) is 6.36. The van der Waals surface area contributed by atoms with Crippen molar-refractivity contribution in [1.29, 1.82) is 0 Å². The summed E-state index contributed by atoms with van der Waals surface area (Å²) >= 11 is 0. The summed E-state index contributed by atoms with van der Waals surface area (Å²) in [6.07, 6.45) is 7.67.